The maximum atomic E-state index is 5.72. The third-order valence-corrected chi connectivity index (χ3v) is 2.54. The SMILES string of the molecule is CCC(C)(C)O[C](C)OC(C)(C)CC. The first kappa shape index (κ1) is 13.9. The molecule has 0 aromatic rings. The zero-order valence-corrected chi connectivity index (χ0v) is 10.7. The number of hydrogen-bond donors (Lipinski definition) is 0. The minimum Gasteiger partial charge on any atom is -0.339 e. The molecule has 2 nitrogen and oxygen atoms in total. The Balaban J connectivity index is 4.04. The number of rotatable bonds is 6. The average molecular weight is 201 g/mol. The Morgan fingerprint density at radius 1 is 0.857 bits per heavy atom. The second-order valence-electron chi connectivity index (χ2n) is 4.92. The fourth-order valence-electron chi connectivity index (χ4n) is 0.943. The van der Waals surface area contributed by atoms with E-state index in [-0.39, 0.29) is 11.2 Å². The lowest BCUT2D eigenvalue weighted by Crippen LogP contribution is -2.31. The minimum atomic E-state index is -0.131. The van der Waals surface area contributed by atoms with Gasteiger partial charge in [-0.15, -0.1) is 0 Å². The first-order valence-corrected chi connectivity index (χ1v) is 5.44. The highest BCUT2D eigenvalue weighted by atomic mass is 16.7. The summed E-state index contributed by atoms with van der Waals surface area (Å²) in [5, 5.41) is 0. The highest BCUT2D eigenvalue weighted by Crippen LogP contribution is 2.25. The van der Waals surface area contributed by atoms with Crippen LogP contribution in [0.1, 0.15) is 61.3 Å². The van der Waals surface area contributed by atoms with E-state index in [0.717, 1.165) is 12.8 Å². The van der Waals surface area contributed by atoms with Crippen LogP contribution in [0.3, 0.4) is 0 Å². The van der Waals surface area contributed by atoms with Crippen LogP contribution in [0.2, 0.25) is 0 Å². The van der Waals surface area contributed by atoms with Gasteiger partial charge in [0.1, 0.15) is 0 Å². The van der Waals surface area contributed by atoms with Gasteiger partial charge in [0.2, 0.25) is 6.29 Å². The topological polar surface area (TPSA) is 18.5 Å². The van der Waals surface area contributed by atoms with Gasteiger partial charge in [-0.3, -0.25) is 0 Å². The summed E-state index contributed by atoms with van der Waals surface area (Å²) in [5.74, 6) is 0. The smallest absolute Gasteiger partial charge is 0.221 e. The van der Waals surface area contributed by atoms with Gasteiger partial charge in [-0.2, -0.15) is 0 Å². The lowest BCUT2D eigenvalue weighted by atomic mass is 10.1. The molecule has 0 aromatic heterocycles. The molecular formula is C12H25O2. The molecule has 0 spiro atoms. The van der Waals surface area contributed by atoms with Crippen LogP contribution in [-0.4, -0.2) is 11.2 Å². The van der Waals surface area contributed by atoms with E-state index in [1.165, 1.54) is 0 Å². The Kier molecular flexibility index (Phi) is 5.10. The van der Waals surface area contributed by atoms with Crippen molar-refractivity contribution in [2.24, 2.45) is 0 Å². The van der Waals surface area contributed by atoms with Crippen molar-refractivity contribution in [3.8, 4) is 0 Å². The molecule has 0 aliphatic rings. The fourth-order valence-corrected chi connectivity index (χ4v) is 0.943. The molecule has 0 bridgehead atoms. The normalized spacial score (nSPS) is 13.7. The summed E-state index contributed by atoms with van der Waals surface area (Å²) < 4.78 is 11.4. The van der Waals surface area contributed by atoms with Crippen LogP contribution >= 0.6 is 0 Å². The molecule has 0 amide bonds. The first-order valence-electron chi connectivity index (χ1n) is 5.44. The van der Waals surface area contributed by atoms with Crippen LogP contribution in [0.25, 0.3) is 0 Å². The summed E-state index contributed by atoms with van der Waals surface area (Å²) in [6.07, 6.45) is 2.62. The predicted octanol–water partition coefficient (Wildman–Crippen LogP) is 3.91. The van der Waals surface area contributed by atoms with Gasteiger partial charge in [0.15, 0.2) is 0 Å². The van der Waals surface area contributed by atoms with Crippen LogP contribution in [0.4, 0.5) is 0 Å². The highest BCUT2D eigenvalue weighted by Gasteiger charge is 2.25. The third kappa shape index (κ3) is 5.61. The molecule has 14 heavy (non-hydrogen) atoms. The van der Waals surface area contributed by atoms with Gasteiger partial charge >= 0.3 is 0 Å². The van der Waals surface area contributed by atoms with E-state index < -0.39 is 0 Å². The maximum Gasteiger partial charge on any atom is 0.221 e. The summed E-state index contributed by atoms with van der Waals surface area (Å²) in [6.45, 7) is 14.4. The highest BCUT2D eigenvalue weighted by molar-refractivity contribution is 4.75. The van der Waals surface area contributed by atoms with E-state index in [1.807, 2.05) is 6.92 Å². The zero-order chi connectivity index (χ0) is 11.4. The molecule has 1 radical (unpaired) electrons. The molecule has 0 rings (SSSR count). The fraction of sp³-hybridized carbons (Fsp3) is 0.917. The van der Waals surface area contributed by atoms with Crippen molar-refractivity contribution in [2.45, 2.75) is 72.5 Å². The standard InChI is InChI=1S/C12H25O2/c1-8-11(4,5)13-10(3)14-12(6,7)9-2/h8-9H2,1-7H3. The van der Waals surface area contributed by atoms with Gasteiger partial charge in [0.05, 0.1) is 11.2 Å². The van der Waals surface area contributed by atoms with Crippen molar-refractivity contribution in [1.82, 2.24) is 0 Å². The summed E-state index contributed by atoms with van der Waals surface area (Å²) in [5.41, 5.74) is -0.262. The minimum absolute atomic E-state index is 0.131. The molecule has 0 aliphatic carbocycles. The molecule has 0 saturated carbocycles. The van der Waals surface area contributed by atoms with Crippen LogP contribution in [-0.2, 0) is 9.47 Å². The Labute approximate surface area is 89.0 Å². The second kappa shape index (κ2) is 5.13. The Morgan fingerprint density at radius 3 is 1.36 bits per heavy atom. The van der Waals surface area contributed by atoms with E-state index in [4.69, 9.17) is 9.47 Å². The van der Waals surface area contributed by atoms with Gasteiger partial charge in [-0.05, 0) is 47.5 Å². The monoisotopic (exact) mass is 201 g/mol. The van der Waals surface area contributed by atoms with Gasteiger partial charge in [-0.25, -0.2) is 0 Å². The van der Waals surface area contributed by atoms with Crippen molar-refractivity contribution in [2.75, 3.05) is 0 Å². The molecule has 0 heterocycles. The first-order chi connectivity index (χ1) is 6.22. The predicted molar refractivity (Wildman–Crippen MR) is 59.8 cm³/mol. The average Bonchev–Trinajstić information content (AvgIpc) is 2.02. The quantitative estimate of drug-likeness (QED) is 0.648. The van der Waals surface area contributed by atoms with Crippen molar-refractivity contribution < 1.29 is 9.47 Å². The number of hydrogen-bond acceptors (Lipinski definition) is 2. The van der Waals surface area contributed by atoms with Crippen molar-refractivity contribution in [1.29, 1.82) is 0 Å². The largest absolute Gasteiger partial charge is 0.339 e. The van der Waals surface area contributed by atoms with Crippen LogP contribution in [0.5, 0.6) is 0 Å². The Bertz CT molecular complexity index is 144. The molecule has 0 saturated heterocycles. The van der Waals surface area contributed by atoms with Crippen molar-refractivity contribution >= 4 is 0 Å². The van der Waals surface area contributed by atoms with E-state index in [9.17, 15) is 0 Å². The summed E-state index contributed by atoms with van der Waals surface area (Å²) in [7, 11) is 0. The van der Waals surface area contributed by atoms with Gasteiger partial charge in [0, 0.05) is 0 Å². The molecule has 0 unspecified atom stereocenters. The van der Waals surface area contributed by atoms with Gasteiger partial charge in [0.25, 0.3) is 0 Å². The molecule has 0 atom stereocenters. The molecule has 85 valence electrons. The molecular weight excluding hydrogens is 176 g/mol. The van der Waals surface area contributed by atoms with Crippen LogP contribution < -0.4 is 0 Å². The lowest BCUT2D eigenvalue weighted by molar-refractivity contribution is -0.160. The maximum absolute atomic E-state index is 5.72. The Morgan fingerprint density at radius 2 is 1.14 bits per heavy atom. The van der Waals surface area contributed by atoms with Crippen LogP contribution in [0, 0.1) is 6.29 Å². The van der Waals surface area contributed by atoms with E-state index in [2.05, 4.69) is 41.5 Å². The molecule has 0 aromatic carbocycles. The molecule has 0 aliphatic heterocycles. The molecule has 2 heteroatoms. The van der Waals surface area contributed by atoms with Crippen LogP contribution in [0.15, 0.2) is 0 Å². The second-order valence-corrected chi connectivity index (χ2v) is 4.92. The summed E-state index contributed by atoms with van der Waals surface area (Å²) in [4.78, 5) is 0. The molecule has 0 fully saturated rings. The van der Waals surface area contributed by atoms with Gasteiger partial charge in [-0.1, -0.05) is 13.8 Å². The van der Waals surface area contributed by atoms with E-state index >= 15 is 0 Å². The van der Waals surface area contributed by atoms with Crippen molar-refractivity contribution in [3.63, 3.8) is 0 Å². The third-order valence-electron chi connectivity index (χ3n) is 2.54. The molecule has 0 N–H and O–H groups in total. The summed E-state index contributed by atoms with van der Waals surface area (Å²) >= 11 is 0. The van der Waals surface area contributed by atoms with Gasteiger partial charge < -0.3 is 9.47 Å². The van der Waals surface area contributed by atoms with Crippen molar-refractivity contribution in [3.05, 3.63) is 6.29 Å². The van der Waals surface area contributed by atoms with E-state index in [0.29, 0.717) is 6.29 Å². The van der Waals surface area contributed by atoms with E-state index in [1.54, 1.807) is 0 Å². The lowest BCUT2D eigenvalue weighted by Gasteiger charge is -2.32. The number of ether oxygens (including phenoxy) is 2. The summed E-state index contributed by atoms with van der Waals surface area (Å²) in [6, 6.07) is 0. The zero-order valence-electron chi connectivity index (χ0n) is 10.7. The Hall–Kier alpha value is -0.0800.